The van der Waals surface area contributed by atoms with Crippen LogP contribution in [0.1, 0.15) is 104 Å². The Bertz CT molecular complexity index is 498. The highest BCUT2D eigenvalue weighted by Gasteiger charge is 1.99. The molecule has 17 nitrogen and oxygen atoms in total. The van der Waals surface area contributed by atoms with Crippen LogP contribution in [0.5, 0.6) is 0 Å². The molecule has 0 amide bonds. The summed E-state index contributed by atoms with van der Waals surface area (Å²) < 4.78 is 0. The van der Waals surface area contributed by atoms with Crippen LogP contribution in [0.2, 0.25) is 0 Å². The van der Waals surface area contributed by atoms with Gasteiger partial charge in [-0.1, -0.05) is 90.9 Å². The summed E-state index contributed by atoms with van der Waals surface area (Å²) >= 11 is 0. The van der Waals surface area contributed by atoms with Gasteiger partial charge in [-0.15, -0.1) is 0 Å². The summed E-state index contributed by atoms with van der Waals surface area (Å²) in [6.45, 7) is 0.969. The second-order valence-electron chi connectivity index (χ2n) is 11.7. The number of hydrogen-bond donors (Lipinski definition) is 16. The highest BCUT2D eigenvalue weighted by atomic mass is 16.4. The van der Waals surface area contributed by atoms with Gasteiger partial charge in [-0.05, 0) is 12.3 Å². The number of aliphatic hydroxyl groups is 15. The third kappa shape index (κ3) is 76.6. The van der Waals surface area contributed by atoms with Crippen LogP contribution in [0.15, 0.2) is 0 Å². The summed E-state index contributed by atoms with van der Waals surface area (Å²) in [6, 6.07) is 0. The van der Waals surface area contributed by atoms with Crippen LogP contribution in [-0.2, 0) is 4.79 Å². The molecule has 0 aliphatic heterocycles. The van der Waals surface area contributed by atoms with Crippen LogP contribution in [-0.4, -0.2) is 184 Å². The molecule has 0 spiro atoms. The zero-order valence-corrected chi connectivity index (χ0v) is 30.5. The molecular formula is C33H76O17. The molecule has 0 saturated heterocycles. The molecule has 0 atom stereocenters. The molecule has 0 aromatic heterocycles. The molecule has 0 heterocycles. The van der Waals surface area contributed by atoms with E-state index in [4.69, 9.17) is 81.7 Å². The van der Waals surface area contributed by atoms with E-state index in [9.17, 15) is 4.79 Å². The lowest BCUT2D eigenvalue weighted by Crippen LogP contribution is -2.15. The van der Waals surface area contributed by atoms with Gasteiger partial charge in [0.2, 0.25) is 0 Å². The average Bonchev–Trinajstić information content (AvgIpc) is 3.13. The van der Waals surface area contributed by atoms with Crippen molar-refractivity contribution in [1.82, 2.24) is 0 Å². The molecule has 0 aromatic rings. The maximum atomic E-state index is 10.3. The summed E-state index contributed by atoms with van der Waals surface area (Å²) in [5.74, 6) is 0.212. The highest BCUT2D eigenvalue weighted by Crippen LogP contribution is 2.14. The van der Waals surface area contributed by atoms with E-state index in [1.54, 1.807) is 0 Å². The Morgan fingerprint density at radius 3 is 0.680 bits per heavy atom. The van der Waals surface area contributed by atoms with Crippen molar-refractivity contribution in [3.05, 3.63) is 0 Å². The van der Waals surface area contributed by atoms with Crippen molar-refractivity contribution < 1.29 is 86.5 Å². The molecule has 0 radical (unpaired) electrons. The molecule has 0 aliphatic rings. The number of carboxylic acid groups (broad SMARTS) is 1. The minimum atomic E-state index is -0.954. The summed E-state index contributed by atoms with van der Waals surface area (Å²) in [5, 5.41) is 129. The molecule has 17 heteroatoms. The minimum absolute atomic E-state index is 0.344. The fraction of sp³-hybridized carbons (Fsp3) is 0.970. The lowest BCUT2D eigenvalue weighted by Gasteiger charge is -2.04. The molecule has 0 aromatic carbocycles. The molecule has 310 valence electrons. The first kappa shape index (κ1) is 60.9. The van der Waals surface area contributed by atoms with Crippen molar-refractivity contribution in [3.63, 3.8) is 0 Å². The number of rotatable bonds is 25. The van der Waals surface area contributed by atoms with E-state index in [1.165, 1.54) is 70.6 Å². The van der Waals surface area contributed by atoms with Crippen LogP contribution in [0.3, 0.4) is 0 Å². The van der Waals surface area contributed by atoms with Crippen LogP contribution in [0, 0.1) is 5.92 Å². The topological polar surface area (TPSA) is 341 Å². The van der Waals surface area contributed by atoms with Crippen LogP contribution >= 0.6 is 0 Å². The van der Waals surface area contributed by atoms with Crippen molar-refractivity contribution in [1.29, 1.82) is 0 Å². The summed E-state index contributed by atoms with van der Waals surface area (Å²) in [7, 11) is 0. The van der Waals surface area contributed by atoms with Gasteiger partial charge in [-0.25, -0.2) is 0 Å². The predicted molar refractivity (Wildman–Crippen MR) is 188 cm³/mol. The molecule has 16 N–H and O–H groups in total. The zero-order valence-electron chi connectivity index (χ0n) is 30.5. The second kappa shape index (κ2) is 54.6. The molecule has 0 fully saturated rings. The Balaban J connectivity index is -0.000000132. The molecule has 0 saturated carbocycles. The Morgan fingerprint density at radius 2 is 0.540 bits per heavy atom. The van der Waals surface area contributed by atoms with Crippen molar-refractivity contribution in [3.8, 4) is 0 Å². The van der Waals surface area contributed by atoms with E-state index in [0.29, 0.717) is 6.42 Å². The Morgan fingerprint density at radius 1 is 0.360 bits per heavy atom. The number of unbranched alkanes of at least 4 members (excludes halogenated alkanes) is 11. The van der Waals surface area contributed by atoms with Gasteiger partial charge >= 0.3 is 5.97 Å². The van der Waals surface area contributed by atoms with E-state index < -0.39 is 36.5 Å². The SMILES string of the molecule is CC(C)CCCCCCCCCCCCCCC(=O)O.OCC(O)CO.OCC(O)CO.OCC(O)CO.OCC(O)CO.OCC(O)CO. The predicted octanol–water partition coefficient (Wildman–Crippen LogP) is -2.15. The lowest BCUT2D eigenvalue weighted by atomic mass is 10.0. The quantitative estimate of drug-likeness (QED) is 0.0443. The average molecular weight is 745 g/mol. The summed E-state index contributed by atoms with van der Waals surface area (Å²) in [6.07, 6.45) is 12.6. The van der Waals surface area contributed by atoms with Gasteiger partial charge in [0.1, 0.15) is 30.5 Å². The first-order valence-corrected chi connectivity index (χ1v) is 17.4. The van der Waals surface area contributed by atoms with Gasteiger partial charge < -0.3 is 81.7 Å². The number of aliphatic hydroxyl groups excluding tert-OH is 15. The van der Waals surface area contributed by atoms with Crippen molar-refractivity contribution in [2.45, 2.75) is 134 Å². The third-order valence-electron chi connectivity index (χ3n) is 6.03. The summed E-state index contributed by atoms with van der Waals surface area (Å²) in [4.78, 5) is 10.3. The number of aliphatic carboxylic acids is 1. The molecule has 0 unspecified atom stereocenters. The van der Waals surface area contributed by atoms with E-state index in [0.717, 1.165) is 18.8 Å². The summed E-state index contributed by atoms with van der Waals surface area (Å²) in [5.41, 5.74) is 0. The van der Waals surface area contributed by atoms with E-state index >= 15 is 0 Å². The maximum Gasteiger partial charge on any atom is 0.303 e. The number of carboxylic acids is 1. The molecule has 0 bridgehead atoms. The maximum absolute atomic E-state index is 10.3. The van der Waals surface area contributed by atoms with E-state index in [1.807, 2.05) is 0 Å². The Hall–Kier alpha value is -1.13. The highest BCUT2D eigenvalue weighted by molar-refractivity contribution is 5.66. The van der Waals surface area contributed by atoms with Crippen LogP contribution < -0.4 is 0 Å². The molecule has 50 heavy (non-hydrogen) atoms. The van der Waals surface area contributed by atoms with Gasteiger partial charge in [0.15, 0.2) is 0 Å². The van der Waals surface area contributed by atoms with Crippen molar-refractivity contribution >= 4 is 5.97 Å². The third-order valence-corrected chi connectivity index (χ3v) is 6.03. The van der Waals surface area contributed by atoms with E-state index in [2.05, 4.69) is 13.8 Å². The van der Waals surface area contributed by atoms with Gasteiger partial charge in [-0.2, -0.15) is 0 Å². The largest absolute Gasteiger partial charge is 0.481 e. The first-order chi connectivity index (χ1) is 23.7. The fourth-order valence-corrected chi connectivity index (χ4v) is 2.89. The zero-order chi connectivity index (χ0) is 40.0. The standard InChI is InChI=1S/C18H36O2.5C3H8O3/c1-17(2)15-13-11-9-7-5-3-4-6-8-10-12-14-16-18(19)20;5*4-1-3(6)2-5/h17H,3-16H2,1-2H3,(H,19,20);5*3-6H,1-2H2. The van der Waals surface area contributed by atoms with Gasteiger partial charge in [0.25, 0.3) is 0 Å². The van der Waals surface area contributed by atoms with Gasteiger partial charge in [0, 0.05) is 6.42 Å². The second-order valence-corrected chi connectivity index (χ2v) is 11.7. The molecular weight excluding hydrogens is 668 g/mol. The first-order valence-electron chi connectivity index (χ1n) is 17.4. The molecule has 0 rings (SSSR count). The van der Waals surface area contributed by atoms with Crippen molar-refractivity contribution in [2.75, 3.05) is 66.1 Å². The van der Waals surface area contributed by atoms with E-state index in [-0.39, 0.29) is 66.1 Å². The Kier molecular flexibility index (Phi) is 66.6. The van der Waals surface area contributed by atoms with Gasteiger partial charge in [0.05, 0.1) is 66.1 Å². The van der Waals surface area contributed by atoms with Crippen molar-refractivity contribution in [2.24, 2.45) is 5.92 Å². The monoisotopic (exact) mass is 745 g/mol. The smallest absolute Gasteiger partial charge is 0.303 e. The number of hydrogen-bond acceptors (Lipinski definition) is 16. The van der Waals surface area contributed by atoms with Gasteiger partial charge in [-0.3, -0.25) is 4.79 Å². The van der Waals surface area contributed by atoms with Crippen LogP contribution in [0.4, 0.5) is 0 Å². The fourth-order valence-electron chi connectivity index (χ4n) is 2.89. The lowest BCUT2D eigenvalue weighted by molar-refractivity contribution is -0.137. The van der Waals surface area contributed by atoms with Crippen LogP contribution in [0.25, 0.3) is 0 Å². The minimum Gasteiger partial charge on any atom is -0.481 e. The molecule has 0 aliphatic carbocycles. The Labute approximate surface area is 298 Å². The number of carbonyl (C=O) groups is 1. The normalized spacial score (nSPS) is 10.5.